The topological polar surface area (TPSA) is 8.17 Å². The van der Waals surface area contributed by atoms with Crippen LogP contribution in [-0.4, -0.2) is 22.6 Å². The number of allylic oxidation sites excluding steroid dienone is 1. The molecule has 1 aliphatic heterocycles. The van der Waals surface area contributed by atoms with E-state index < -0.39 is 0 Å². The minimum absolute atomic E-state index is 1.19. The third-order valence-corrected chi connectivity index (χ3v) is 4.27. The lowest BCUT2D eigenvalue weighted by Crippen LogP contribution is -2.20. The number of rotatable bonds is 4. The zero-order valence-corrected chi connectivity index (χ0v) is 11.5. The molecule has 0 amide bonds. The summed E-state index contributed by atoms with van der Waals surface area (Å²) in [4.78, 5) is 2.59. The number of hydrogen-bond acceptors (Lipinski definition) is 1. The summed E-state index contributed by atoms with van der Waals surface area (Å²) >= 11 is 0. The first-order valence-electron chi connectivity index (χ1n) is 7.53. The van der Waals surface area contributed by atoms with Crippen molar-refractivity contribution in [2.24, 2.45) is 0 Å². The van der Waals surface area contributed by atoms with Gasteiger partial charge < -0.3 is 9.47 Å². The molecule has 0 saturated carbocycles. The maximum atomic E-state index is 2.59. The van der Waals surface area contributed by atoms with Crippen LogP contribution in [0.5, 0.6) is 0 Å². The van der Waals surface area contributed by atoms with Crippen molar-refractivity contribution in [3.05, 3.63) is 29.6 Å². The number of likely N-dealkylation sites (tertiary alicyclic amines) is 1. The molecule has 1 fully saturated rings. The van der Waals surface area contributed by atoms with Crippen molar-refractivity contribution < 1.29 is 0 Å². The van der Waals surface area contributed by atoms with Crippen LogP contribution in [-0.2, 0) is 13.0 Å². The van der Waals surface area contributed by atoms with Crippen LogP contribution in [0.4, 0.5) is 0 Å². The average Bonchev–Trinajstić information content (AvgIpc) is 3.05. The second kappa shape index (κ2) is 5.21. The summed E-state index contributed by atoms with van der Waals surface area (Å²) in [5, 5.41) is 0. The summed E-state index contributed by atoms with van der Waals surface area (Å²) in [5.74, 6) is 0. The average molecular weight is 244 g/mol. The molecule has 0 N–H and O–H groups in total. The number of aryl methyl sites for hydroxylation is 1. The van der Waals surface area contributed by atoms with Gasteiger partial charge in [0.15, 0.2) is 0 Å². The van der Waals surface area contributed by atoms with Crippen LogP contribution in [0.15, 0.2) is 18.3 Å². The third kappa shape index (κ3) is 2.09. The lowest BCUT2D eigenvalue weighted by molar-refractivity contribution is 0.487. The summed E-state index contributed by atoms with van der Waals surface area (Å²) < 4.78 is 2.49. The molecule has 3 rings (SSSR count). The molecule has 0 aromatic carbocycles. The Morgan fingerprint density at radius 1 is 1.22 bits per heavy atom. The van der Waals surface area contributed by atoms with Crippen molar-refractivity contribution in [1.82, 2.24) is 9.47 Å². The maximum absolute atomic E-state index is 2.59. The molecular formula is C16H24N2. The fourth-order valence-electron chi connectivity index (χ4n) is 3.27. The van der Waals surface area contributed by atoms with E-state index in [4.69, 9.17) is 0 Å². The summed E-state index contributed by atoms with van der Waals surface area (Å²) in [5.41, 5.74) is 4.61. The highest BCUT2D eigenvalue weighted by molar-refractivity contribution is 5.68. The summed E-state index contributed by atoms with van der Waals surface area (Å²) in [6.07, 6.45) is 12.5. The Kier molecular flexibility index (Phi) is 3.44. The van der Waals surface area contributed by atoms with Crippen molar-refractivity contribution in [3.63, 3.8) is 0 Å². The molecule has 0 radical (unpaired) electrons. The second-order valence-corrected chi connectivity index (χ2v) is 5.55. The van der Waals surface area contributed by atoms with Crippen molar-refractivity contribution in [3.8, 4) is 0 Å². The van der Waals surface area contributed by atoms with E-state index in [0.717, 1.165) is 0 Å². The number of nitrogens with zero attached hydrogens (tertiary/aromatic N) is 2. The number of unbranched alkanes of at least 4 members (excludes halogenated alkanes) is 1. The zero-order chi connectivity index (χ0) is 12.4. The monoisotopic (exact) mass is 244 g/mol. The minimum atomic E-state index is 1.19. The first kappa shape index (κ1) is 11.9. The van der Waals surface area contributed by atoms with Crippen LogP contribution in [0.25, 0.3) is 5.70 Å². The minimum Gasteiger partial charge on any atom is -0.371 e. The van der Waals surface area contributed by atoms with Crippen LogP contribution in [0.1, 0.15) is 50.3 Å². The van der Waals surface area contributed by atoms with Crippen LogP contribution < -0.4 is 0 Å². The van der Waals surface area contributed by atoms with Crippen molar-refractivity contribution in [2.75, 3.05) is 13.1 Å². The molecule has 0 spiro atoms. The number of fused-ring (bicyclic) bond motifs is 1. The smallest absolute Gasteiger partial charge is 0.0417 e. The summed E-state index contributed by atoms with van der Waals surface area (Å²) in [7, 11) is 0. The predicted molar refractivity (Wildman–Crippen MR) is 76.4 cm³/mol. The standard InChI is InChI=1S/C16H24N2/c1-2-3-10-18-13-9-14-15(7-6-8-16(14)18)17-11-4-5-12-17/h7,9,13H,2-6,8,10-12H2,1H3. The number of hydrogen-bond donors (Lipinski definition) is 0. The van der Waals surface area contributed by atoms with Crippen molar-refractivity contribution in [2.45, 2.75) is 52.0 Å². The molecule has 1 aromatic rings. The largest absolute Gasteiger partial charge is 0.371 e. The molecule has 2 heterocycles. The summed E-state index contributed by atoms with van der Waals surface area (Å²) in [6.45, 7) is 5.97. The van der Waals surface area contributed by atoms with Gasteiger partial charge in [-0.1, -0.05) is 19.4 Å². The van der Waals surface area contributed by atoms with Gasteiger partial charge in [0.1, 0.15) is 0 Å². The predicted octanol–water partition coefficient (Wildman–Crippen LogP) is 3.67. The Hall–Kier alpha value is -1.18. The molecule has 18 heavy (non-hydrogen) atoms. The molecular weight excluding hydrogens is 220 g/mol. The fourth-order valence-corrected chi connectivity index (χ4v) is 3.27. The highest BCUT2D eigenvalue weighted by Gasteiger charge is 2.22. The van der Waals surface area contributed by atoms with Gasteiger partial charge in [-0.3, -0.25) is 0 Å². The normalized spacial score (nSPS) is 18.9. The zero-order valence-electron chi connectivity index (χ0n) is 11.5. The molecule has 2 heteroatoms. The van der Waals surface area contributed by atoms with Gasteiger partial charge in [-0.05, 0) is 38.2 Å². The lowest BCUT2D eigenvalue weighted by Gasteiger charge is -2.25. The van der Waals surface area contributed by atoms with Gasteiger partial charge in [0.25, 0.3) is 0 Å². The van der Waals surface area contributed by atoms with Gasteiger partial charge in [0.05, 0.1) is 0 Å². The quantitative estimate of drug-likeness (QED) is 0.784. The van der Waals surface area contributed by atoms with Crippen molar-refractivity contribution >= 4 is 5.70 Å². The lowest BCUT2D eigenvalue weighted by atomic mass is 10.0. The molecule has 2 aliphatic rings. The Labute approximate surface area is 110 Å². The molecule has 98 valence electrons. The highest BCUT2D eigenvalue weighted by Crippen LogP contribution is 2.32. The van der Waals surface area contributed by atoms with Crippen LogP contribution >= 0.6 is 0 Å². The van der Waals surface area contributed by atoms with Gasteiger partial charge in [-0.15, -0.1) is 0 Å². The fraction of sp³-hybridized carbons (Fsp3) is 0.625. The summed E-state index contributed by atoms with van der Waals surface area (Å²) in [6, 6.07) is 2.34. The molecule has 0 unspecified atom stereocenters. The molecule has 0 bridgehead atoms. The van der Waals surface area contributed by atoms with Crippen LogP contribution in [0, 0.1) is 0 Å². The van der Waals surface area contributed by atoms with E-state index in [0.29, 0.717) is 0 Å². The molecule has 1 aliphatic carbocycles. The first-order valence-corrected chi connectivity index (χ1v) is 7.53. The maximum Gasteiger partial charge on any atom is 0.0417 e. The Morgan fingerprint density at radius 3 is 2.83 bits per heavy atom. The molecule has 1 saturated heterocycles. The van der Waals surface area contributed by atoms with Gasteiger partial charge >= 0.3 is 0 Å². The first-order chi connectivity index (χ1) is 8.90. The molecule has 0 atom stereocenters. The van der Waals surface area contributed by atoms with Gasteiger partial charge in [-0.25, -0.2) is 0 Å². The van der Waals surface area contributed by atoms with E-state index in [1.807, 2.05) is 0 Å². The van der Waals surface area contributed by atoms with E-state index in [1.165, 1.54) is 69.4 Å². The van der Waals surface area contributed by atoms with E-state index in [9.17, 15) is 0 Å². The third-order valence-electron chi connectivity index (χ3n) is 4.27. The van der Waals surface area contributed by atoms with Gasteiger partial charge in [-0.2, -0.15) is 0 Å². The SMILES string of the molecule is CCCCn1ccc2c1CCC=C2N1CCCC1. The van der Waals surface area contributed by atoms with Crippen LogP contribution in [0.2, 0.25) is 0 Å². The van der Waals surface area contributed by atoms with Gasteiger partial charge in [0.2, 0.25) is 0 Å². The second-order valence-electron chi connectivity index (χ2n) is 5.55. The van der Waals surface area contributed by atoms with Crippen molar-refractivity contribution in [1.29, 1.82) is 0 Å². The highest BCUT2D eigenvalue weighted by atomic mass is 15.2. The molecule has 2 nitrogen and oxygen atoms in total. The van der Waals surface area contributed by atoms with E-state index in [2.05, 4.69) is 34.7 Å². The Morgan fingerprint density at radius 2 is 2.06 bits per heavy atom. The van der Waals surface area contributed by atoms with E-state index in [-0.39, 0.29) is 0 Å². The Balaban J connectivity index is 1.84. The van der Waals surface area contributed by atoms with E-state index in [1.54, 1.807) is 5.69 Å². The number of aromatic nitrogens is 1. The van der Waals surface area contributed by atoms with Crippen LogP contribution in [0.3, 0.4) is 0 Å². The Bertz CT molecular complexity index is 436. The van der Waals surface area contributed by atoms with E-state index >= 15 is 0 Å². The van der Waals surface area contributed by atoms with Gasteiger partial charge in [0, 0.05) is 42.8 Å². The molecule has 1 aromatic heterocycles.